The Morgan fingerprint density at radius 3 is 2.65 bits per heavy atom. The number of halogens is 1. The summed E-state index contributed by atoms with van der Waals surface area (Å²) in [5.74, 6) is -0.622. The molecule has 0 aliphatic carbocycles. The number of carbonyl (C=O) groups is 1. The standard InChI is InChI=1S/C27H36FN5O/c1-4-9-22(32-14-7-8-15-32)11-6-5-10-21-12-13-23(24(28)16-21)27(34)31-25-18-33-17-19(2)29-26(33)20(3)30-25/h12-13,16-18,22H,4-11,14-15H2,1-3H3,(H,31,34). The summed E-state index contributed by atoms with van der Waals surface area (Å²) in [7, 11) is 0. The van der Waals surface area contributed by atoms with E-state index in [0.717, 1.165) is 36.2 Å². The van der Waals surface area contributed by atoms with Crippen molar-refractivity contribution in [3.05, 3.63) is 58.9 Å². The molecule has 1 aliphatic rings. The average molecular weight is 466 g/mol. The molecule has 1 atom stereocenters. The maximum Gasteiger partial charge on any atom is 0.259 e. The Kier molecular flexibility index (Phi) is 7.93. The number of fused-ring (bicyclic) bond motifs is 1. The van der Waals surface area contributed by atoms with Crippen LogP contribution in [-0.4, -0.2) is 44.3 Å². The van der Waals surface area contributed by atoms with E-state index in [1.807, 2.05) is 30.5 Å². The van der Waals surface area contributed by atoms with Crippen molar-refractivity contribution in [1.82, 2.24) is 19.3 Å². The van der Waals surface area contributed by atoms with Crippen molar-refractivity contribution in [2.24, 2.45) is 0 Å². The number of rotatable bonds is 10. The summed E-state index contributed by atoms with van der Waals surface area (Å²) in [5.41, 5.74) is 3.28. The maximum absolute atomic E-state index is 14.8. The van der Waals surface area contributed by atoms with Gasteiger partial charge >= 0.3 is 0 Å². The van der Waals surface area contributed by atoms with E-state index in [9.17, 15) is 9.18 Å². The fraction of sp³-hybridized carbons (Fsp3) is 0.519. The van der Waals surface area contributed by atoms with Gasteiger partial charge in [-0.1, -0.05) is 25.8 Å². The number of likely N-dealkylation sites (tertiary alicyclic amines) is 1. The summed E-state index contributed by atoms with van der Waals surface area (Å²) in [5, 5.41) is 2.72. The summed E-state index contributed by atoms with van der Waals surface area (Å²) in [6.07, 6.45) is 12.9. The molecule has 182 valence electrons. The van der Waals surface area contributed by atoms with Gasteiger partial charge < -0.3 is 14.6 Å². The van der Waals surface area contributed by atoms with E-state index in [4.69, 9.17) is 0 Å². The molecule has 4 rings (SSSR count). The van der Waals surface area contributed by atoms with Crippen LogP contribution in [-0.2, 0) is 6.42 Å². The number of benzene rings is 1. The number of hydrogen-bond donors (Lipinski definition) is 1. The van der Waals surface area contributed by atoms with E-state index >= 15 is 0 Å². The minimum atomic E-state index is -0.500. The molecule has 1 saturated heterocycles. The second-order valence-electron chi connectivity index (χ2n) is 9.52. The first kappa shape index (κ1) is 24.3. The zero-order valence-corrected chi connectivity index (χ0v) is 20.6. The smallest absolute Gasteiger partial charge is 0.259 e. The van der Waals surface area contributed by atoms with E-state index in [1.165, 1.54) is 51.3 Å². The molecule has 7 heteroatoms. The average Bonchev–Trinajstić information content (AvgIpc) is 3.45. The third-order valence-corrected chi connectivity index (χ3v) is 6.78. The molecule has 0 radical (unpaired) electrons. The zero-order chi connectivity index (χ0) is 24.1. The van der Waals surface area contributed by atoms with Gasteiger partial charge in [0.1, 0.15) is 11.6 Å². The van der Waals surface area contributed by atoms with E-state index < -0.39 is 11.7 Å². The van der Waals surface area contributed by atoms with Crippen LogP contribution in [0.25, 0.3) is 5.65 Å². The number of amides is 1. The number of nitrogens with one attached hydrogen (secondary N) is 1. The van der Waals surface area contributed by atoms with Crippen molar-refractivity contribution >= 4 is 17.4 Å². The molecule has 1 amide bonds. The van der Waals surface area contributed by atoms with Gasteiger partial charge in [-0.3, -0.25) is 4.79 Å². The highest BCUT2D eigenvalue weighted by Crippen LogP contribution is 2.21. The Balaban J connectivity index is 1.32. The second-order valence-corrected chi connectivity index (χ2v) is 9.52. The first-order valence-corrected chi connectivity index (χ1v) is 12.6. The quantitative estimate of drug-likeness (QED) is 0.389. The molecule has 0 bridgehead atoms. The van der Waals surface area contributed by atoms with Crippen LogP contribution in [0.4, 0.5) is 10.2 Å². The van der Waals surface area contributed by atoms with Crippen LogP contribution in [0, 0.1) is 19.7 Å². The van der Waals surface area contributed by atoms with Crippen LogP contribution in [0.2, 0.25) is 0 Å². The first-order valence-electron chi connectivity index (χ1n) is 12.6. The molecule has 1 aromatic carbocycles. The molecule has 2 aromatic heterocycles. The number of aromatic nitrogens is 3. The van der Waals surface area contributed by atoms with Crippen molar-refractivity contribution in [3.8, 4) is 0 Å². The van der Waals surface area contributed by atoms with E-state index in [2.05, 4.69) is 27.1 Å². The van der Waals surface area contributed by atoms with Gasteiger partial charge in [0.25, 0.3) is 5.91 Å². The molecule has 1 aliphatic heterocycles. The molecular formula is C27H36FN5O. The van der Waals surface area contributed by atoms with Gasteiger partial charge in [0.05, 0.1) is 23.1 Å². The number of unbranched alkanes of at least 4 members (excludes halogenated alkanes) is 1. The van der Waals surface area contributed by atoms with Crippen LogP contribution >= 0.6 is 0 Å². The number of hydrogen-bond acceptors (Lipinski definition) is 4. The highest BCUT2D eigenvalue weighted by molar-refractivity contribution is 6.04. The molecule has 6 nitrogen and oxygen atoms in total. The third-order valence-electron chi connectivity index (χ3n) is 6.78. The van der Waals surface area contributed by atoms with Gasteiger partial charge in [-0.05, 0) is 83.2 Å². The lowest BCUT2D eigenvalue weighted by atomic mass is 10.00. The summed E-state index contributed by atoms with van der Waals surface area (Å²) in [4.78, 5) is 24.2. The number of nitrogens with zero attached hydrogens (tertiary/aromatic N) is 4. The predicted octanol–water partition coefficient (Wildman–Crippen LogP) is 5.71. The summed E-state index contributed by atoms with van der Waals surface area (Å²) < 4.78 is 16.6. The lowest BCUT2D eigenvalue weighted by molar-refractivity contribution is 0.102. The molecule has 3 aromatic rings. The minimum Gasteiger partial charge on any atom is -0.305 e. The SMILES string of the molecule is CCCC(CCCCc1ccc(C(=O)Nc2cn3cc(C)nc3c(C)n2)c(F)c1)N1CCCC1. The minimum absolute atomic E-state index is 0.0298. The topological polar surface area (TPSA) is 62.5 Å². The van der Waals surface area contributed by atoms with Crippen molar-refractivity contribution in [3.63, 3.8) is 0 Å². The van der Waals surface area contributed by atoms with Crippen LogP contribution in [0.1, 0.15) is 79.2 Å². The van der Waals surface area contributed by atoms with Crippen LogP contribution < -0.4 is 5.32 Å². The van der Waals surface area contributed by atoms with Crippen LogP contribution in [0.5, 0.6) is 0 Å². The van der Waals surface area contributed by atoms with Crippen molar-refractivity contribution in [2.75, 3.05) is 18.4 Å². The lowest BCUT2D eigenvalue weighted by Crippen LogP contribution is -2.32. The third kappa shape index (κ3) is 5.81. The van der Waals surface area contributed by atoms with E-state index in [-0.39, 0.29) is 5.56 Å². The molecule has 1 unspecified atom stereocenters. The molecular weight excluding hydrogens is 429 g/mol. The van der Waals surface area contributed by atoms with Crippen LogP contribution in [0.15, 0.2) is 30.6 Å². The second kappa shape index (κ2) is 11.1. The van der Waals surface area contributed by atoms with Gasteiger partial charge in [-0.2, -0.15) is 0 Å². The first-order chi connectivity index (χ1) is 16.4. The van der Waals surface area contributed by atoms with Gasteiger partial charge in [0, 0.05) is 12.2 Å². The normalized spacial score (nSPS) is 15.2. The highest BCUT2D eigenvalue weighted by atomic mass is 19.1. The van der Waals surface area contributed by atoms with Crippen LogP contribution in [0.3, 0.4) is 0 Å². The highest BCUT2D eigenvalue weighted by Gasteiger charge is 2.20. The summed E-state index contributed by atoms with van der Waals surface area (Å²) in [6.45, 7) is 8.48. The summed E-state index contributed by atoms with van der Waals surface area (Å²) in [6, 6.07) is 5.64. The fourth-order valence-electron chi connectivity index (χ4n) is 5.07. The largest absolute Gasteiger partial charge is 0.305 e. The van der Waals surface area contributed by atoms with Crippen molar-refractivity contribution in [1.29, 1.82) is 0 Å². The Hall–Kier alpha value is -2.80. The number of imidazole rings is 1. The molecule has 1 N–H and O–H groups in total. The molecule has 1 fully saturated rings. The van der Waals surface area contributed by atoms with Gasteiger partial charge in [0.15, 0.2) is 5.65 Å². The zero-order valence-electron chi connectivity index (χ0n) is 20.6. The Morgan fingerprint density at radius 2 is 1.91 bits per heavy atom. The Morgan fingerprint density at radius 1 is 1.12 bits per heavy atom. The Bertz CT molecular complexity index is 1140. The lowest BCUT2D eigenvalue weighted by Gasteiger charge is -2.27. The molecule has 3 heterocycles. The van der Waals surface area contributed by atoms with Gasteiger partial charge in [-0.25, -0.2) is 14.4 Å². The van der Waals surface area contributed by atoms with Crippen molar-refractivity contribution in [2.45, 2.75) is 78.2 Å². The fourth-order valence-corrected chi connectivity index (χ4v) is 5.07. The molecule has 0 saturated carbocycles. The van der Waals surface area contributed by atoms with Gasteiger partial charge in [0.2, 0.25) is 0 Å². The molecule has 34 heavy (non-hydrogen) atoms. The van der Waals surface area contributed by atoms with Gasteiger partial charge in [-0.15, -0.1) is 0 Å². The monoisotopic (exact) mass is 465 g/mol. The number of aryl methyl sites for hydroxylation is 3. The number of carbonyl (C=O) groups excluding carboxylic acids is 1. The van der Waals surface area contributed by atoms with E-state index in [1.54, 1.807) is 12.3 Å². The summed E-state index contributed by atoms with van der Waals surface area (Å²) >= 11 is 0. The van der Waals surface area contributed by atoms with Crippen molar-refractivity contribution < 1.29 is 9.18 Å². The molecule has 0 spiro atoms. The predicted molar refractivity (Wildman–Crippen MR) is 134 cm³/mol. The maximum atomic E-state index is 14.8. The van der Waals surface area contributed by atoms with E-state index in [0.29, 0.717) is 17.6 Å². The Labute approximate surface area is 201 Å². The number of anilines is 1.